The molecule has 0 aliphatic carbocycles. The number of rotatable bonds is 6. The van der Waals surface area contributed by atoms with Gasteiger partial charge in [0, 0.05) is 12.6 Å². The Bertz CT molecular complexity index is 698. The fourth-order valence-corrected chi connectivity index (χ4v) is 2.13. The summed E-state index contributed by atoms with van der Waals surface area (Å²) < 4.78 is 5.83. The van der Waals surface area contributed by atoms with Crippen LogP contribution in [0.25, 0.3) is 0 Å². The van der Waals surface area contributed by atoms with Gasteiger partial charge in [0.05, 0.1) is 5.69 Å². The number of ether oxygens (including phenoxy) is 1. The second-order valence-electron chi connectivity index (χ2n) is 5.05. The van der Waals surface area contributed by atoms with Gasteiger partial charge in [0.25, 0.3) is 5.91 Å². The number of amides is 1. The van der Waals surface area contributed by atoms with Crippen LogP contribution in [0.4, 0.5) is 5.69 Å². The molecule has 2 aromatic carbocycles. The minimum Gasteiger partial charge on any atom is -0.489 e. The molecule has 0 aromatic heterocycles. The number of anilines is 1. The van der Waals surface area contributed by atoms with Crippen LogP contribution < -0.4 is 9.64 Å². The van der Waals surface area contributed by atoms with Gasteiger partial charge in [0.15, 0.2) is 0 Å². The highest BCUT2D eigenvalue weighted by molar-refractivity contribution is 6.32. The minimum atomic E-state index is -0.269. The summed E-state index contributed by atoms with van der Waals surface area (Å²) in [5.74, 6) is 0.532. The highest BCUT2D eigenvalue weighted by Crippen LogP contribution is 2.22. The average Bonchev–Trinajstić information content (AvgIpc) is 2.57. The van der Waals surface area contributed by atoms with Crippen LogP contribution in [-0.4, -0.2) is 26.3 Å². The maximum Gasteiger partial charge on any atom is 0.272 e. The van der Waals surface area contributed by atoms with Crippen molar-refractivity contribution >= 4 is 17.8 Å². The van der Waals surface area contributed by atoms with E-state index < -0.39 is 0 Å². The van der Waals surface area contributed by atoms with Gasteiger partial charge in [0.1, 0.15) is 25.7 Å². The Morgan fingerprint density at radius 3 is 2.74 bits per heavy atom. The molecular formula is C18H20N2O3. The molecule has 0 spiro atoms. The lowest BCUT2D eigenvalue weighted by molar-refractivity contribution is -0.112. The van der Waals surface area contributed by atoms with Crippen molar-refractivity contribution in [2.24, 2.45) is 5.16 Å². The van der Waals surface area contributed by atoms with Crippen LogP contribution in [0.2, 0.25) is 0 Å². The second kappa shape index (κ2) is 7.98. The third kappa shape index (κ3) is 4.57. The zero-order chi connectivity index (χ0) is 16.7. The maximum atomic E-state index is 12.0. The Labute approximate surface area is 136 Å². The van der Waals surface area contributed by atoms with Crippen LogP contribution in [0, 0.1) is 6.92 Å². The van der Waals surface area contributed by atoms with Gasteiger partial charge in [-0.1, -0.05) is 35.5 Å². The molecule has 23 heavy (non-hydrogen) atoms. The van der Waals surface area contributed by atoms with Crippen molar-refractivity contribution in [2.45, 2.75) is 13.5 Å². The second-order valence-corrected chi connectivity index (χ2v) is 5.05. The SMILES string of the molecule is CON=CC(=O)N(C)c1ccccc1COc1cccc(C)c1. The van der Waals surface area contributed by atoms with Crippen molar-refractivity contribution in [1.82, 2.24) is 0 Å². The molecule has 1 amide bonds. The summed E-state index contributed by atoms with van der Waals surface area (Å²) in [5.41, 5.74) is 2.82. The minimum absolute atomic E-state index is 0.269. The van der Waals surface area contributed by atoms with Gasteiger partial charge < -0.3 is 14.5 Å². The van der Waals surface area contributed by atoms with Crippen LogP contribution >= 0.6 is 0 Å². The lowest BCUT2D eigenvalue weighted by atomic mass is 10.1. The molecular weight excluding hydrogens is 292 g/mol. The summed E-state index contributed by atoms with van der Waals surface area (Å²) in [6.07, 6.45) is 1.14. The van der Waals surface area contributed by atoms with E-state index in [-0.39, 0.29) is 5.91 Å². The molecule has 5 heteroatoms. The molecule has 0 heterocycles. The van der Waals surface area contributed by atoms with Gasteiger partial charge in [-0.2, -0.15) is 0 Å². The quantitative estimate of drug-likeness (QED) is 0.608. The number of oxime groups is 1. The van der Waals surface area contributed by atoms with E-state index in [1.807, 2.05) is 55.5 Å². The number of aryl methyl sites for hydroxylation is 1. The lowest BCUT2D eigenvalue weighted by Gasteiger charge is -2.19. The van der Waals surface area contributed by atoms with E-state index in [1.165, 1.54) is 12.0 Å². The average molecular weight is 312 g/mol. The Balaban J connectivity index is 2.14. The number of para-hydroxylation sites is 1. The summed E-state index contributed by atoms with van der Waals surface area (Å²) in [7, 11) is 3.09. The molecule has 120 valence electrons. The van der Waals surface area contributed by atoms with Crippen molar-refractivity contribution in [3.8, 4) is 5.75 Å². The van der Waals surface area contributed by atoms with E-state index in [0.29, 0.717) is 6.61 Å². The third-order valence-corrected chi connectivity index (χ3v) is 3.34. The van der Waals surface area contributed by atoms with Gasteiger partial charge in [-0.05, 0) is 30.7 Å². The van der Waals surface area contributed by atoms with Crippen molar-refractivity contribution in [3.63, 3.8) is 0 Å². The highest BCUT2D eigenvalue weighted by Gasteiger charge is 2.13. The molecule has 0 fully saturated rings. The molecule has 5 nitrogen and oxygen atoms in total. The standard InChI is InChI=1S/C18H20N2O3/c1-14-7-6-9-16(11-14)23-13-15-8-4-5-10-17(15)20(2)18(21)12-19-22-3/h4-12H,13H2,1-3H3. The largest absolute Gasteiger partial charge is 0.489 e. The molecule has 0 unspecified atom stereocenters. The summed E-state index contributed by atoms with van der Waals surface area (Å²) in [5, 5.41) is 3.50. The fraction of sp³-hybridized carbons (Fsp3) is 0.222. The van der Waals surface area contributed by atoms with Gasteiger partial charge >= 0.3 is 0 Å². The number of carbonyl (C=O) groups is 1. The van der Waals surface area contributed by atoms with Crippen LogP contribution in [0.15, 0.2) is 53.7 Å². The van der Waals surface area contributed by atoms with Crippen LogP contribution in [-0.2, 0) is 16.2 Å². The summed E-state index contributed by atoms with van der Waals surface area (Å²) in [4.78, 5) is 18.1. The molecule has 0 aliphatic heterocycles. The normalized spacial score (nSPS) is 10.6. The Kier molecular flexibility index (Phi) is 5.74. The van der Waals surface area contributed by atoms with E-state index in [0.717, 1.165) is 28.8 Å². The zero-order valence-corrected chi connectivity index (χ0v) is 13.5. The maximum absolute atomic E-state index is 12.0. The number of carbonyl (C=O) groups excluding carboxylic acids is 1. The first-order valence-corrected chi connectivity index (χ1v) is 7.23. The van der Waals surface area contributed by atoms with Gasteiger partial charge in [0.2, 0.25) is 0 Å². The molecule has 0 bridgehead atoms. The van der Waals surface area contributed by atoms with Gasteiger partial charge in [-0.25, -0.2) is 0 Å². The van der Waals surface area contributed by atoms with Gasteiger partial charge in [-0.15, -0.1) is 0 Å². The van der Waals surface area contributed by atoms with Crippen molar-refractivity contribution < 1.29 is 14.4 Å². The molecule has 0 atom stereocenters. The molecule has 0 saturated heterocycles. The Morgan fingerprint density at radius 1 is 1.22 bits per heavy atom. The van der Waals surface area contributed by atoms with E-state index in [9.17, 15) is 4.79 Å². The van der Waals surface area contributed by atoms with E-state index >= 15 is 0 Å². The van der Waals surface area contributed by atoms with Crippen LogP contribution in [0.1, 0.15) is 11.1 Å². The number of hydrogen-bond acceptors (Lipinski definition) is 4. The number of nitrogens with zero attached hydrogens (tertiary/aromatic N) is 2. The topological polar surface area (TPSA) is 51.1 Å². The van der Waals surface area contributed by atoms with E-state index in [1.54, 1.807) is 7.05 Å². The van der Waals surface area contributed by atoms with E-state index in [2.05, 4.69) is 9.99 Å². The summed E-state index contributed by atoms with van der Waals surface area (Å²) >= 11 is 0. The van der Waals surface area contributed by atoms with Crippen LogP contribution in [0.3, 0.4) is 0 Å². The summed E-state index contributed by atoms with van der Waals surface area (Å²) in [6.45, 7) is 2.39. The molecule has 0 N–H and O–H groups in total. The van der Waals surface area contributed by atoms with Crippen molar-refractivity contribution in [1.29, 1.82) is 0 Å². The predicted octanol–water partition coefficient (Wildman–Crippen LogP) is 3.17. The fourth-order valence-electron chi connectivity index (χ4n) is 2.13. The molecule has 0 saturated carbocycles. The first kappa shape index (κ1) is 16.5. The van der Waals surface area contributed by atoms with Gasteiger partial charge in [-0.3, -0.25) is 4.79 Å². The first-order valence-electron chi connectivity index (χ1n) is 7.23. The molecule has 2 aromatic rings. The third-order valence-electron chi connectivity index (χ3n) is 3.34. The predicted molar refractivity (Wildman–Crippen MR) is 90.9 cm³/mol. The Morgan fingerprint density at radius 2 is 2.00 bits per heavy atom. The molecule has 0 radical (unpaired) electrons. The molecule has 0 aliphatic rings. The zero-order valence-electron chi connectivity index (χ0n) is 13.5. The van der Waals surface area contributed by atoms with Crippen molar-refractivity contribution in [2.75, 3.05) is 19.1 Å². The highest BCUT2D eigenvalue weighted by atomic mass is 16.6. The van der Waals surface area contributed by atoms with Crippen molar-refractivity contribution in [3.05, 3.63) is 59.7 Å². The number of hydrogen-bond donors (Lipinski definition) is 0. The lowest BCUT2D eigenvalue weighted by Crippen LogP contribution is -2.28. The summed E-state index contributed by atoms with van der Waals surface area (Å²) in [6, 6.07) is 15.5. The Hall–Kier alpha value is -2.82. The molecule has 2 rings (SSSR count). The smallest absolute Gasteiger partial charge is 0.272 e. The first-order chi connectivity index (χ1) is 11.1. The van der Waals surface area contributed by atoms with E-state index in [4.69, 9.17) is 4.74 Å². The number of benzene rings is 2. The monoisotopic (exact) mass is 312 g/mol. The van der Waals surface area contributed by atoms with Crippen LogP contribution in [0.5, 0.6) is 5.75 Å².